The number of anilines is 1. The summed E-state index contributed by atoms with van der Waals surface area (Å²) in [5.74, 6) is 1.71. The number of hydrogen-bond donors (Lipinski definition) is 2. The van der Waals surface area contributed by atoms with E-state index in [-0.39, 0.29) is 11.8 Å². The molecule has 4 aromatic rings. The second-order valence-electron chi connectivity index (χ2n) is 8.17. The number of ether oxygens (including phenoxy) is 1. The van der Waals surface area contributed by atoms with Crippen LogP contribution in [0.15, 0.2) is 61.6 Å². The number of fused-ring (bicyclic) bond motifs is 1. The summed E-state index contributed by atoms with van der Waals surface area (Å²) in [6.07, 6.45) is 5.43. The number of amides is 1. The molecule has 33 heavy (non-hydrogen) atoms. The van der Waals surface area contributed by atoms with Crippen molar-refractivity contribution in [1.82, 2.24) is 24.8 Å². The van der Waals surface area contributed by atoms with E-state index in [1.807, 2.05) is 48.2 Å². The van der Waals surface area contributed by atoms with Gasteiger partial charge in [0.15, 0.2) is 0 Å². The highest BCUT2D eigenvalue weighted by Gasteiger charge is 2.31. The zero-order valence-corrected chi connectivity index (χ0v) is 18.3. The predicted octanol–water partition coefficient (Wildman–Crippen LogP) is 4.20. The molecule has 1 atom stereocenters. The number of carbonyl (C=O) groups excluding carboxylic acids is 1. The molecule has 3 aromatic heterocycles. The molecule has 0 radical (unpaired) electrons. The fourth-order valence-electron chi connectivity index (χ4n) is 4.32. The van der Waals surface area contributed by atoms with Crippen molar-refractivity contribution in [3.05, 3.63) is 72.8 Å². The average molecular weight is 441 g/mol. The minimum absolute atomic E-state index is 0.0549. The molecule has 1 unspecified atom stereocenters. The Morgan fingerprint density at radius 2 is 2.03 bits per heavy atom. The fraction of sp³-hybridized carbons (Fsp3) is 0.200. The summed E-state index contributed by atoms with van der Waals surface area (Å²) < 4.78 is 5.88. The van der Waals surface area contributed by atoms with Crippen LogP contribution in [0.3, 0.4) is 0 Å². The Morgan fingerprint density at radius 3 is 2.76 bits per heavy atom. The number of hydrogen-bond acceptors (Lipinski definition) is 6. The Bertz CT molecular complexity index is 1330. The number of nitrogens with one attached hydrogen (secondary N) is 1. The lowest BCUT2D eigenvalue weighted by Gasteiger charge is -2.15. The van der Waals surface area contributed by atoms with Gasteiger partial charge in [-0.15, -0.1) is 0 Å². The number of benzene rings is 1. The van der Waals surface area contributed by atoms with Crippen molar-refractivity contribution in [2.45, 2.75) is 19.3 Å². The zero-order chi connectivity index (χ0) is 22.9. The predicted molar refractivity (Wildman–Crippen MR) is 127 cm³/mol. The van der Waals surface area contributed by atoms with Gasteiger partial charge in [0.1, 0.15) is 23.5 Å². The fourth-order valence-corrected chi connectivity index (χ4v) is 4.32. The maximum Gasteiger partial charge on any atom is 0.245 e. The third-order valence-electron chi connectivity index (χ3n) is 5.98. The van der Waals surface area contributed by atoms with Gasteiger partial charge < -0.3 is 20.4 Å². The van der Waals surface area contributed by atoms with E-state index in [9.17, 15) is 4.79 Å². The SMILES string of the molecule is C=CC(=O)N1CCC(c2[nH]c3ncnc(N)c3c2-c2ccc(Oc3ccc(C)cn3)cc2)C1. The summed E-state index contributed by atoms with van der Waals surface area (Å²) in [5, 5.41) is 0.787. The van der Waals surface area contributed by atoms with Crippen LogP contribution in [0.25, 0.3) is 22.2 Å². The summed E-state index contributed by atoms with van der Waals surface area (Å²) in [6.45, 7) is 6.88. The van der Waals surface area contributed by atoms with Crippen LogP contribution in [0.5, 0.6) is 11.6 Å². The quantitative estimate of drug-likeness (QED) is 0.450. The summed E-state index contributed by atoms with van der Waals surface area (Å²) in [6, 6.07) is 11.6. The van der Waals surface area contributed by atoms with Gasteiger partial charge in [0, 0.05) is 42.5 Å². The number of rotatable bonds is 5. The largest absolute Gasteiger partial charge is 0.439 e. The standard InChI is InChI=1S/C25H24N6O2/c1-3-20(32)31-11-10-17(13-31)23-21(22-24(26)28-14-29-25(22)30-23)16-5-7-18(8-6-16)33-19-9-4-15(2)12-27-19/h3-9,12,14,17H,1,10-11,13H2,2H3,(H3,26,28,29,30). The number of nitrogens with zero attached hydrogens (tertiary/aromatic N) is 4. The molecule has 8 heteroatoms. The summed E-state index contributed by atoms with van der Waals surface area (Å²) in [4.78, 5) is 30.3. The molecule has 5 rings (SSSR count). The third-order valence-corrected chi connectivity index (χ3v) is 5.98. The van der Waals surface area contributed by atoms with Gasteiger partial charge in [-0.05, 0) is 42.7 Å². The van der Waals surface area contributed by atoms with Crippen LogP contribution in [0.2, 0.25) is 0 Å². The summed E-state index contributed by atoms with van der Waals surface area (Å²) in [5.41, 5.74) is 11.0. The van der Waals surface area contributed by atoms with E-state index in [4.69, 9.17) is 10.5 Å². The first-order valence-corrected chi connectivity index (χ1v) is 10.8. The highest BCUT2D eigenvalue weighted by molar-refractivity contribution is 6.02. The van der Waals surface area contributed by atoms with Crippen LogP contribution in [-0.4, -0.2) is 43.8 Å². The van der Waals surface area contributed by atoms with Crippen molar-refractivity contribution in [3.63, 3.8) is 0 Å². The van der Waals surface area contributed by atoms with Crippen LogP contribution in [0.4, 0.5) is 5.82 Å². The number of pyridine rings is 1. The van der Waals surface area contributed by atoms with Crippen molar-refractivity contribution in [1.29, 1.82) is 0 Å². The number of H-pyrrole nitrogens is 1. The van der Waals surface area contributed by atoms with Gasteiger partial charge in [0.2, 0.25) is 11.8 Å². The average Bonchev–Trinajstić information content (AvgIpc) is 3.46. The molecule has 0 aliphatic carbocycles. The topological polar surface area (TPSA) is 110 Å². The summed E-state index contributed by atoms with van der Waals surface area (Å²) in [7, 11) is 0. The molecule has 8 nitrogen and oxygen atoms in total. The van der Waals surface area contributed by atoms with Crippen LogP contribution in [0, 0.1) is 6.92 Å². The van der Waals surface area contributed by atoms with Gasteiger partial charge in [-0.1, -0.05) is 24.8 Å². The molecular weight excluding hydrogens is 416 g/mol. The lowest BCUT2D eigenvalue weighted by molar-refractivity contribution is -0.125. The number of carbonyl (C=O) groups is 1. The minimum atomic E-state index is -0.0549. The van der Waals surface area contributed by atoms with Crippen molar-refractivity contribution in [2.24, 2.45) is 0 Å². The van der Waals surface area contributed by atoms with Crippen LogP contribution < -0.4 is 10.5 Å². The highest BCUT2D eigenvalue weighted by Crippen LogP contribution is 2.41. The molecule has 1 fully saturated rings. The first kappa shape index (κ1) is 20.7. The molecule has 3 N–H and O–H groups in total. The molecule has 0 spiro atoms. The molecule has 0 bridgehead atoms. The monoisotopic (exact) mass is 440 g/mol. The number of nitrogens with two attached hydrogens (primary N) is 1. The van der Waals surface area contributed by atoms with E-state index < -0.39 is 0 Å². The van der Waals surface area contributed by atoms with E-state index in [1.54, 1.807) is 6.20 Å². The second-order valence-corrected chi connectivity index (χ2v) is 8.17. The number of nitrogen functional groups attached to an aromatic ring is 1. The van der Waals surface area contributed by atoms with E-state index >= 15 is 0 Å². The normalized spacial score (nSPS) is 15.7. The number of likely N-dealkylation sites (tertiary alicyclic amines) is 1. The number of aromatic nitrogens is 4. The van der Waals surface area contributed by atoms with Crippen LogP contribution in [-0.2, 0) is 4.79 Å². The molecular formula is C25H24N6O2. The first-order chi connectivity index (χ1) is 16.0. The highest BCUT2D eigenvalue weighted by atomic mass is 16.5. The number of aromatic amines is 1. The molecule has 1 aliphatic rings. The van der Waals surface area contributed by atoms with Crippen molar-refractivity contribution in [2.75, 3.05) is 18.8 Å². The molecule has 1 amide bonds. The lowest BCUT2D eigenvalue weighted by Crippen LogP contribution is -2.26. The van der Waals surface area contributed by atoms with Crippen molar-refractivity contribution in [3.8, 4) is 22.8 Å². The molecule has 1 saturated heterocycles. The smallest absolute Gasteiger partial charge is 0.245 e. The molecule has 4 heterocycles. The lowest BCUT2D eigenvalue weighted by atomic mass is 9.95. The maximum atomic E-state index is 12.1. The third kappa shape index (κ3) is 3.91. The van der Waals surface area contributed by atoms with Gasteiger partial charge in [-0.3, -0.25) is 4.79 Å². The first-order valence-electron chi connectivity index (χ1n) is 10.8. The Kier molecular flexibility index (Phi) is 5.26. The van der Waals surface area contributed by atoms with Crippen LogP contribution in [0.1, 0.15) is 23.6 Å². The second kappa shape index (κ2) is 8.38. The minimum Gasteiger partial charge on any atom is -0.439 e. The zero-order valence-electron chi connectivity index (χ0n) is 18.3. The summed E-state index contributed by atoms with van der Waals surface area (Å²) >= 11 is 0. The van der Waals surface area contributed by atoms with E-state index in [0.29, 0.717) is 36.2 Å². The van der Waals surface area contributed by atoms with E-state index in [1.165, 1.54) is 12.4 Å². The Hall–Kier alpha value is -4.20. The number of aryl methyl sites for hydroxylation is 1. The van der Waals surface area contributed by atoms with Gasteiger partial charge in [-0.25, -0.2) is 15.0 Å². The molecule has 1 aliphatic heterocycles. The Labute approximate surface area is 191 Å². The molecule has 0 saturated carbocycles. The van der Waals surface area contributed by atoms with Gasteiger partial charge in [0.25, 0.3) is 0 Å². The molecule has 166 valence electrons. The van der Waals surface area contributed by atoms with Crippen molar-refractivity contribution >= 4 is 22.8 Å². The van der Waals surface area contributed by atoms with Gasteiger partial charge in [0.05, 0.1) is 5.39 Å². The van der Waals surface area contributed by atoms with Crippen molar-refractivity contribution < 1.29 is 9.53 Å². The molecule has 1 aromatic carbocycles. The Morgan fingerprint density at radius 1 is 1.21 bits per heavy atom. The van der Waals surface area contributed by atoms with Crippen LogP contribution >= 0.6 is 0 Å². The van der Waals surface area contributed by atoms with E-state index in [0.717, 1.165) is 34.2 Å². The van der Waals surface area contributed by atoms with Gasteiger partial charge >= 0.3 is 0 Å². The Balaban J connectivity index is 1.51. The maximum absolute atomic E-state index is 12.1. The van der Waals surface area contributed by atoms with Gasteiger partial charge in [-0.2, -0.15) is 0 Å². The van der Waals surface area contributed by atoms with E-state index in [2.05, 4.69) is 26.5 Å².